The van der Waals surface area contributed by atoms with E-state index in [0.29, 0.717) is 0 Å². The van der Waals surface area contributed by atoms with Crippen molar-refractivity contribution >= 4 is 21.8 Å². The molecule has 98 valence electrons. The first kappa shape index (κ1) is 11.3. The van der Waals surface area contributed by atoms with Gasteiger partial charge in [-0.3, -0.25) is 0 Å². The molecule has 4 rings (SSSR count). The van der Waals surface area contributed by atoms with Gasteiger partial charge >= 0.3 is 0 Å². The van der Waals surface area contributed by atoms with E-state index in [0.717, 1.165) is 12.2 Å². The number of hydrogen-bond acceptors (Lipinski definition) is 1. The smallest absolute Gasteiger partial charge is 0.0991 e. The Balaban J connectivity index is 2.10. The van der Waals surface area contributed by atoms with E-state index in [-0.39, 0.29) is 0 Å². The molecule has 2 heterocycles. The number of fused-ring (bicyclic) bond motifs is 3. The molecule has 0 fully saturated rings. The van der Waals surface area contributed by atoms with Crippen molar-refractivity contribution in [3.05, 3.63) is 61.2 Å². The van der Waals surface area contributed by atoms with Crippen molar-refractivity contribution in [3.63, 3.8) is 0 Å². The zero-order chi connectivity index (χ0) is 13.5. The maximum absolute atomic E-state index is 4.12. The number of hydrogen-bond donors (Lipinski definition) is 0. The fourth-order valence-electron chi connectivity index (χ4n) is 2.95. The van der Waals surface area contributed by atoms with Crippen LogP contribution in [0.4, 0.5) is 0 Å². The van der Waals surface area contributed by atoms with Gasteiger partial charge in [0, 0.05) is 46.4 Å². The quantitative estimate of drug-likeness (QED) is 0.535. The topological polar surface area (TPSA) is 22.8 Å². The lowest BCUT2D eigenvalue weighted by Gasteiger charge is -2.04. The first-order chi connectivity index (χ1) is 9.88. The Morgan fingerprint density at radius 3 is 2.65 bits per heavy atom. The first-order valence-corrected chi connectivity index (χ1v) is 6.88. The highest BCUT2D eigenvalue weighted by molar-refractivity contribution is 6.08. The molecule has 4 aromatic rings. The predicted octanol–water partition coefficient (Wildman–Crippen LogP) is 4.00. The Labute approximate surface area is 117 Å². The number of rotatable bonds is 2. The zero-order valence-electron chi connectivity index (χ0n) is 11.3. The van der Waals surface area contributed by atoms with Crippen LogP contribution in [-0.4, -0.2) is 14.1 Å². The lowest BCUT2D eigenvalue weighted by molar-refractivity contribution is 0.827. The monoisotopic (exact) mass is 261 g/mol. The van der Waals surface area contributed by atoms with Gasteiger partial charge in [-0.2, -0.15) is 0 Å². The van der Waals surface area contributed by atoms with E-state index in [1.165, 1.54) is 21.8 Å². The molecule has 0 aliphatic carbocycles. The molecular formula is C17H15N3. The summed E-state index contributed by atoms with van der Waals surface area (Å²) in [5.74, 6) is 0. The molecule has 0 amide bonds. The van der Waals surface area contributed by atoms with Crippen LogP contribution in [-0.2, 0) is 6.54 Å². The Bertz CT molecular complexity index is 885. The van der Waals surface area contributed by atoms with Gasteiger partial charge < -0.3 is 9.13 Å². The molecule has 0 N–H and O–H groups in total. The Kier molecular flexibility index (Phi) is 2.39. The minimum absolute atomic E-state index is 0.981. The van der Waals surface area contributed by atoms with Gasteiger partial charge in [0.05, 0.1) is 6.33 Å². The van der Waals surface area contributed by atoms with Gasteiger partial charge in [0.1, 0.15) is 0 Å². The van der Waals surface area contributed by atoms with Crippen LogP contribution in [0.25, 0.3) is 27.5 Å². The fourth-order valence-corrected chi connectivity index (χ4v) is 2.95. The van der Waals surface area contributed by atoms with Crippen LogP contribution in [0.15, 0.2) is 61.2 Å². The van der Waals surface area contributed by atoms with E-state index >= 15 is 0 Å². The Morgan fingerprint density at radius 2 is 1.85 bits per heavy atom. The summed E-state index contributed by atoms with van der Waals surface area (Å²) in [5, 5.41) is 2.61. The third-order valence-electron chi connectivity index (χ3n) is 3.87. The molecule has 0 spiro atoms. The van der Waals surface area contributed by atoms with Gasteiger partial charge in [-0.1, -0.05) is 18.2 Å². The van der Waals surface area contributed by atoms with Crippen molar-refractivity contribution in [3.8, 4) is 5.69 Å². The number of nitrogens with zero attached hydrogens (tertiary/aromatic N) is 3. The van der Waals surface area contributed by atoms with Crippen LogP contribution >= 0.6 is 0 Å². The first-order valence-electron chi connectivity index (χ1n) is 6.88. The highest BCUT2D eigenvalue weighted by atomic mass is 15.0. The Morgan fingerprint density at radius 1 is 1.00 bits per heavy atom. The average molecular weight is 261 g/mol. The van der Waals surface area contributed by atoms with Crippen molar-refractivity contribution in [1.82, 2.24) is 14.1 Å². The summed E-state index contributed by atoms with van der Waals surface area (Å²) in [6.45, 7) is 3.17. The molecule has 0 saturated heterocycles. The summed E-state index contributed by atoms with van der Waals surface area (Å²) in [6.07, 6.45) is 5.61. The lowest BCUT2D eigenvalue weighted by Crippen LogP contribution is -1.93. The standard InChI is InChI=1S/C17H15N3/c1-2-20-16-6-4-3-5-14(16)15-11-13(7-8-17(15)20)19-10-9-18-12-19/h3-12H,2H2,1H3. The summed E-state index contributed by atoms with van der Waals surface area (Å²) < 4.78 is 4.40. The molecule has 20 heavy (non-hydrogen) atoms. The van der Waals surface area contributed by atoms with Crippen LogP contribution in [0.3, 0.4) is 0 Å². The zero-order valence-corrected chi connectivity index (χ0v) is 11.3. The summed E-state index contributed by atoms with van der Waals surface area (Å²) >= 11 is 0. The van der Waals surface area contributed by atoms with E-state index in [2.05, 4.69) is 58.9 Å². The van der Waals surface area contributed by atoms with Crippen molar-refractivity contribution in [1.29, 1.82) is 0 Å². The molecular weight excluding hydrogens is 246 g/mol. The summed E-state index contributed by atoms with van der Waals surface area (Å²) in [5.41, 5.74) is 3.74. The van der Waals surface area contributed by atoms with E-state index in [1.807, 2.05) is 17.1 Å². The van der Waals surface area contributed by atoms with Gasteiger partial charge in [0.25, 0.3) is 0 Å². The third kappa shape index (κ3) is 1.50. The number of benzene rings is 2. The minimum atomic E-state index is 0.981. The second kappa shape index (κ2) is 4.23. The van der Waals surface area contributed by atoms with Gasteiger partial charge in [0.2, 0.25) is 0 Å². The molecule has 0 radical (unpaired) electrons. The summed E-state index contributed by atoms with van der Waals surface area (Å²) in [4.78, 5) is 4.12. The third-order valence-corrected chi connectivity index (χ3v) is 3.87. The molecule has 0 bridgehead atoms. The molecule has 0 saturated carbocycles. The Hall–Kier alpha value is -2.55. The van der Waals surface area contributed by atoms with Crippen molar-refractivity contribution in [2.45, 2.75) is 13.5 Å². The van der Waals surface area contributed by atoms with Gasteiger partial charge in [-0.05, 0) is 31.2 Å². The normalized spacial score (nSPS) is 11.4. The molecule has 2 aromatic carbocycles. The van der Waals surface area contributed by atoms with E-state index in [4.69, 9.17) is 0 Å². The molecule has 3 heteroatoms. The van der Waals surface area contributed by atoms with Crippen LogP contribution in [0.1, 0.15) is 6.92 Å². The van der Waals surface area contributed by atoms with E-state index < -0.39 is 0 Å². The fraction of sp³-hybridized carbons (Fsp3) is 0.118. The van der Waals surface area contributed by atoms with Crippen molar-refractivity contribution in [2.75, 3.05) is 0 Å². The van der Waals surface area contributed by atoms with Gasteiger partial charge in [0.15, 0.2) is 0 Å². The van der Waals surface area contributed by atoms with Crippen LogP contribution in [0.5, 0.6) is 0 Å². The molecule has 0 aliphatic rings. The van der Waals surface area contributed by atoms with Crippen LogP contribution in [0, 0.1) is 0 Å². The maximum Gasteiger partial charge on any atom is 0.0991 e. The van der Waals surface area contributed by atoms with Crippen LogP contribution in [0.2, 0.25) is 0 Å². The summed E-state index contributed by atoms with van der Waals surface area (Å²) in [6, 6.07) is 15.2. The highest BCUT2D eigenvalue weighted by Gasteiger charge is 2.09. The van der Waals surface area contributed by atoms with Gasteiger partial charge in [-0.25, -0.2) is 4.98 Å². The number of para-hydroxylation sites is 1. The SMILES string of the molecule is CCn1c2ccccc2c2cc(-n3ccnc3)ccc21. The second-order valence-electron chi connectivity index (χ2n) is 4.93. The molecule has 0 atom stereocenters. The average Bonchev–Trinajstić information content (AvgIpc) is 3.12. The molecule has 2 aromatic heterocycles. The molecule has 3 nitrogen and oxygen atoms in total. The maximum atomic E-state index is 4.12. The second-order valence-corrected chi connectivity index (χ2v) is 4.93. The summed E-state index contributed by atoms with van der Waals surface area (Å²) in [7, 11) is 0. The lowest BCUT2D eigenvalue weighted by atomic mass is 10.1. The number of imidazole rings is 1. The number of aromatic nitrogens is 3. The minimum Gasteiger partial charge on any atom is -0.341 e. The van der Waals surface area contributed by atoms with E-state index in [1.54, 1.807) is 6.20 Å². The molecule has 0 aliphatic heterocycles. The number of aryl methyl sites for hydroxylation is 1. The van der Waals surface area contributed by atoms with Gasteiger partial charge in [-0.15, -0.1) is 0 Å². The largest absolute Gasteiger partial charge is 0.341 e. The van der Waals surface area contributed by atoms with Crippen LogP contribution < -0.4 is 0 Å². The van der Waals surface area contributed by atoms with Crippen molar-refractivity contribution < 1.29 is 0 Å². The molecule has 0 unspecified atom stereocenters. The highest BCUT2D eigenvalue weighted by Crippen LogP contribution is 2.30. The van der Waals surface area contributed by atoms with E-state index in [9.17, 15) is 0 Å². The predicted molar refractivity (Wildman–Crippen MR) is 82.2 cm³/mol. The van der Waals surface area contributed by atoms with Crippen molar-refractivity contribution in [2.24, 2.45) is 0 Å².